The van der Waals surface area contributed by atoms with Gasteiger partial charge in [0, 0.05) is 12.3 Å². The van der Waals surface area contributed by atoms with E-state index in [0.29, 0.717) is 6.07 Å². The quantitative estimate of drug-likeness (QED) is 0.337. The molecule has 0 saturated carbocycles. The Hall–Kier alpha value is -4.34. The van der Waals surface area contributed by atoms with Gasteiger partial charge in [-0.1, -0.05) is 48.5 Å². The zero-order chi connectivity index (χ0) is 29.2. The predicted molar refractivity (Wildman–Crippen MR) is 140 cm³/mol. The first kappa shape index (κ1) is 28.7. The van der Waals surface area contributed by atoms with Crippen molar-refractivity contribution < 1.29 is 42.1 Å². The standard InChI is InChI=1S/C30H28F3NO6/c1-29(2,3)40-27(37)18-12-17(13-19(15-18)30(31,32)33)14-25(26(35)36)34-28(38)39-16-24-22-10-6-4-8-20(22)21-9-5-7-11-23(21)24/h4-13,15,24-25H,14,16H2,1-3H3,(H,34,38)(H,35,36)/t25-/m0/s1. The summed E-state index contributed by atoms with van der Waals surface area (Å²) in [5.74, 6) is -2.73. The van der Waals surface area contributed by atoms with Crippen LogP contribution in [0.4, 0.5) is 18.0 Å². The Bertz CT molecular complexity index is 1400. The molecule has 1 atom stereocenters. The highest BCUT2D eigenvalue weighted by atomic mass is 19.4. The van der Waals surface area contributed by atoms with Gasteiger partial charge < -0.3 is 19.9 Å². The van der Waals surface area contributed by atoms with Crippen LogP contribution >= 0.6 is 0 Å². The molecule has 1 aliphatic rings. The van der Waals surface area contributed by atoms with E-state index >= 15 is 0 Å². The molecule has 0 bridgehead atoms. The second-order valence-electron chi connectivity index (χ2n) is 10.5. The molecule has 3 aromatic carbocycles. The van der Waals surface area contributed by atoms with E-state index in [-0.39, 0.29) is 23.7 Å². The highest BCUT2D eigenvalue weighted by Gasteiger charge is 2.34. The number of alkyl carbamates (subject to hydrolysis) is 1. The molecule has 40 heavy (non-hydrogen) atoms. The molecule has 1 amide bonds. The van der Waals surface area contributed by atoms with E-state index in [1.54, 1.807) is 20.8 Å². The first-order valence-electron chi connectivity index (χ1n) is 12.5. The van der Waals surface area contributed by atoms with Gasteiger partial charge in [0.05, 0.1) is 11.1 Å². The Kier molecular flexibility index (Phi) is 7.91. The number of esters is 1. The number of benzene rings is 3. The Morgan fingerprint density at radius 1 is 0.925 bits per heavy atom. The van der Waals surface area contributed by atoms with Crippen molar-refractivity contribution in [3.8, 4) is 11.1 Å². The number of carboxylic acid groups (broad SMARTS) is 1. The van der Waals surface area contributed by atoms with Gasteiger partial charge in [0.15, 0.2) is 0 Å². The number of rotatable bonds is 7. The van der Waals surface area contributed by atoms with E-state index in [9.17, 15) is 32.7 Å². The average molecular weight is 556 g/mol. The molecule has 0 fully saturated rings. The normalized spacial score (nSPS) is 13.7. The largest absolute Gasteiger partial charge is 0.480 e. The highest BCUT2D eigenvalue weighted by molar-refractivity contribution is 5.90. The lowest BCUT2D eigenvalue weighted by Crippen LogP contribution is -2.43. The van der Waals surface area contributed by atoms with Crippen LogP contribution in [-0.2, 0) is 26.9 Å². The predicted octanol–water partition coefficient (Wildman–Crippen LogP) is 6.20. The molecular weight excluding hydrogens is 527 g/mol. The number of nitrogens with one attached hydrogen (secondary N) is 1. The van der Waals surface area contributed by atoms with Crippen molar-refractivity contribution in [2.45, 2.75) is 50.9 Å². The summed E-state index contributed by atoms with van der Waals surface area (Å²) in [4.78, 5) is 37.0. The minimum atomic E-state index is -4.80. The number of ether oxygens (including phenoxy) is 2. The topological polar surface area (TPSA) is 102 Å². The monoisotopic (exact) mass is 555 g/mol. The Morgan fingerprint density at radius 3 is 2.02 bits per heavy atom. The minimum absolute atomic E-state index is 0.0709. The third kappa shape index (κ3) is 6.62. The number of hydrogen-bond acceptors (Lipinski definition) is 5. The lowest BCUT2D eigenvalue weighted by molar-refractivity contribution is -0.139. The van der Waals surface area contributed by atoms with Gasteiger partial charge in [-0.05, 0) is 66.8 Å². The maximum Gasteiger partial charge on any atom is 0.416 e. The number of aliphatic carboxylic acids is 1. The second-order valence-corrected chi connectivity index (χ2v) is 10.5. The third-order valence-electron chi connectivity index (χ3n) is 6.33. The van der Waals surface area contributed by atoms with E-state index in [0.717, 1.165) is 34.4 Å². The Labute approximate surface area is 228 Å². The molecule has 1 aliphatic carbocycles. The smallest absolute Gasteiger partial charge is 0.416 e. The van der Waals surface area contributed by atoms with E-state index < -0.39 is 47.8 Å². The molecule has 0 radical (unpaired) electrons. The summed E-state index contributed by atoms with van der Waals surface area (Å²) in [6.45, 7) is 4.63. The van der Waals surface area contributed by atoms with E-state index in [4.69, 9.17) is 9.47 Å². The zero-order valence-electron chi connectivity index (χ0n) is 22.0. The zero-order valence-corrected chi connectivity index (χ0v) is 22.0. The number of halogens is 3. The second kappa shape index (κ2) is 11.0. The van der Waals surface area contributed by atoms with Crippen LogP contribution in [-0.4, -0.2) is 41.4 Å². The van der Waals surface area contributed by atoms with Crippen LogP contribution in [0.1, 0.15) is 59.3 Å². The van der Waals surface area contributed by atoms with Crippen molar-refractivity contribution in [2.24, 2.45) is 0 Å². The van der Waals surface area contributed by atoms with Crippen LogP contribution in [0.5, 0.6) is 0 Å². The molecule has 0 unspecified atom stereocenters. The van der Waals surface area contributed by atoms with E-state index in [2.05, 4.69) is 5.32 Å². The van der Waals surface area contributed by atoms with Crippen molar-refractivity contribution in [3.63, 3.8) is 0 Å². The summed E-state index contributed by atoms with van der Waals surface area (Å²) in [6, 6.07) is 16.2. The summed E-state index contributed by atoms with van der Waals surface area (Å²) >= 11 is 0. The van der Waals surface area contributed by atoms with Crippen molar-refractivity contribution >= 4 is 18.0 Å². The molecule has 0 saturated heterocycles. The molecule has 10 heteroatoms. The highest BCUT2D eigenvalue weighted by Crippen LogP contribution is 2.44. The number of alkyl halides is 3. The summed E-state index contributed by atoms with van der Waals surface area (Å²) in [5, 5.41) is 11.9. The molecule has 7 nitrogen and oxygen atoms in total. The number of hydrogen-bond donors (Lipinski definition) is 2. The first-order valence-corrected chi connectivity index (χ1v) is 12.5. The summed E-state index contributed by atoms with van der Waals surface area (Å²) in [5.41, 5.74) is 1.35. The van der Waals surface area contributed by atoms with Crippen LogP contribution in [0, 0.1) is 0 Å². The molecule has 0 spiro atoms. The van der Waals surface area contributed by atoms with E-state index in [1.807, 2.05) is 48.5 Å². The SMILES string of the molecule is CC(C)(C)OC(=O)c1cc(C[C@H](NC(=O)OCC2c3ccccc3-c3ccccc32)C(=O)O)cc(C(F)(F)F)c1. The maximum atomic E-state index is 13.6. The van der Waals surface area contributed by atoms with Crippen molar-refractivity contribution in [1.82, 2.24) is 5.32 Å². The van der Waals surface area contributed by atoms with Crippen LogP contribution in [0.25, 0.3) is 11.1 Å². The van der Waals surface area contributed by atoms with Crippen molar-refractivity contribution in [1.29, 1.82) is 0 Å². The maximum absolute atomic E-state index is 13.6. The fourth-order valence-corrected chi connectivity index (χ4v) is 4.65. The van der Waals surface area contributed by atoms with Gasteiger partial charge in [-0.15, -0.1) is 0 Å². The van der Waals surface area contributed by atoms with Gasteiger partial charge in [-0.2, -0.15) is 13.2 Å². The van der Waals surface area contributed by atoms with Gasteiger partial charge in [-0.25, -0.2) is 14.4 Å². The molecule has 0 aromatic heterocycles. The summed E-state index contributed by atoms with van der Waals surface area (Å²) < 4.78 is 51.2. The number of carbonyl (C=O) groups is 3. The molecular formula is C30H28F3NO6. The van der Waals surface area contributed by atoms with Crippen LogP contribution in [0.3, 0.4) is 0 Å². The Balaban J connectivity index is 1.49. The first-order chi connectivity index (χ1) is 18.7. The van der Waals surface area contributed by atoms with Gasteiger partial charge in [0.2, 0.25) is 0 Å². The van der Waals surface area contributed by atoms with Gasteiger partial charge >= 0.3 is 24.2 Å². The number of carboxylic acids is 1. The van der Waals surface area contributed by atoms with Crippen LogP contribution < -0.4 is 5.32 Å². The third-order valence-corrected chi connectivity index (χ3v) is 6.33. The van der Waals surface area contributed by atoms with Crippen LogP contribution in [0.15, 0.2) is 66.7 Å². The van der Waals surface area contributed by atoms with E-state index in [1.165, 1.54) is 0 Å². The molecule has 0 heterocycles. The fourth-order valence-electron chi connectivity index (χ4n) is 4.65. The lowest BCUT2D eigenvalue weighted by Gasteiger charge is -2.21. The molecule has 0 aliphatic heterocycles. The van der Waals surface area contributed by atoms with Gasteiger partial charge in [-0.3, -0.25) is 0 Å². The Morgan fingerprint density at radius 2 is 1.50 bits per heavy atom. The van der Waals surface area contributed by atoms with Gasteiger partial charge in [0.25, 0.3) is 0 Å². The summed E-state index contributed by atoms with van der Waals surface area (Å²) in [6.07, 6.45) is -6.36. The lowest BCUT2D eigenvalue weighted by atomic mass is 9.98. The average Bonchev–Trinajstić information content (AvgIpc) is 3.19. The fraction of sp³-hybridized carbons (Fsp3) is 0.300. The molecule has 3 aromatic rings. The van der Waals surface area contributed by atoms with Crippen LogP contribution in [0.2, 0.25) is 0 Å². The van der Waals surface area contributed by atoms with Crippen molar-refractivity contribution in [3.05, 3.63) is 94.5 Å². The summed E-state index contributed by atoms with van der Waals surface area (Å²) in [7, 11) is 0. The van der Waals surface area contributed by atoms with Crippen molar-refractivity contribution in [2.75, 3.05) is 6.61 Å². The number of fused-ring (bicyclic) bond motifs is 3. The number of amides is 1. The minimum Gasteiger partial charge on any atom is -0.480 e. The molecule has 4 rings (SSSR count). The molecule has 210 valence electrons. The number of carbonyl (C=O) groups excluding carboxylic acids is 2. The molecule has 2 N–H and O–H groups in total. The van der Waals surface area contributed by atoms with Gasteiger partial charge in [0.1, 0.15) is 18.2 Å².